The molecule has 2 nitrogen and oxygen atoms in total. The monoisotopic (exact) mass is 290 g/mol. The molecule has 96 valence electrons. The maximum absolute atomic E-state index is 6.24. The molecule has 19 heavy (non-hydrogen) atoms. The fourth-order valence-corrected chi connectivity index (χ4v) is 2.76. The van der Waals surface area contributed by atoms with Crippen molar-refractivity contribution in [2.24, 2.45) is 0 Å². The predicted octanol–water partition coefficient (Wildman–Crippen LogP) is 4.58. The fraction of sp³-hybridized carbons (Fsp3) is 0.0667. The lowest BCUT2D eigenvalue weighted by atomic mass is 10.2. The third-order valence-corrected chi connectivity index (χ3v) is 3.88. The van der Waals surface area contributed by atoms with E-state index < -0.39 is 0 Å². The number of anilines is 1. The van der Waals surface area contributed by atoms with E-state index in [4.69, 9.17) is 28.9 Å². The van der Waals surface area contributed by atoms with Crippen LogP contribution in [0, 0.1) is 0 Å². The quantitative estimate of drug-likeness (QED) is 0.688. The molecule has 0 spiro atoms. The third kappa shape index (κ3) is 2.18. The van der Waals surface area contributed by atoms with Gasteiger partial charge in [-0.15, -0.1) is 0 Å². The number of nitrogens with zero attached hydrogens (tertiary/aromatic N) is 1. The van der Waals surface area contributed by atoms with E-state index in [0.29, 0.717) is 17.3 Å². The molecule has 4 heteroatoms. The molecule has 3 aromatic rings. The Morgan fingerprint density at radius 2 is 1.74 bits per heavy atom. The molecule has 0 saturated heterocycles. The highest BCUT2D eigenvalue weighted by Gasteiger charge is 2.10. The molecule has 0 aliphatic rings. The van der Waals surface area contributed by atoms with Crippen LogP contribution in [-0.2, 0) is 6.54 Å². The van der Waals surface area contributed by atoms with Gasteiger partial charge in [0.2, 0.25) is 0 Å². The van der Waals surface area contributed by atoms with Crippen molar-refractivity contribution in [3.05, 3.63) is 64.3 Å². The zero-order chi connectivity index (χ0) is 13.4. The van der Waals surface area contributed by atoms with Crippen molar-refractivity contribution < 1.29 is 0 Å². The number of fused-ring (bicyclic) bond motifs is 1. The summed E-state index contributed by atoms with van der Waals surface area (Å²) in [5.74, 6) is 0. The molecule has 0 aliphatic carbocycles. The first-order chi connectivity index (χ1) is 9.16. The van der Waals surface area contributed by atoms with Crippen molar-refractivity contribution in [2.75, 3.05) is 5.73 Å². The van der Waals surface area contributed by atoms with Crippen LogP contribution in [0.15, 0.2) is 48.7 Å². The van der Waals surface area contributed by atoms with Gasteiger partial charge in [-0.05, 0) is 18.2 Å². The van der Waals surface area contributed by atoms with Crippen LogP contribution in [0.25, 0.3) is 10.9 Å². The highest BCUT2D eigenvalue weighted by molar-refractivity contribution is 6.35. The Hall–Kier alpha value is -1.64. The normalized spacial score (nSPS) is 11.1. The molecule has 0 amide bonds. The number of benzene rings is 2. The predicted molar refractivity (Wildman–Crippen MR) is 81.9 cm³/mol. The molecule has 0 atom stereocenters. The number of rotatable bonds is 2. The molecular formula is C15H12Cl2N2. The fourth-order valence-electron chi connectivity index (χ4n) is 2.25. The summed E-state index contributed by atoms with van der Waals surface area (Å²) < 4.78 is 2.06. The maximum Gasteiger partial charge on any atom is 0.0661 e. The van der Waals surface area contributed by atoms with Crippen LogP contribution in [-0.4, -0.2) is 4.57 Å². The highest BCUT2D eigenvalue weighted by Crippen LogP contribution is 2.29. The number of para-hydroxylation sites is 1. The SMILES string of the molecule is Nc1cccc(Cl)c1Cn1cc(Cl)c2ccccc21. The average molecular weight is 291 g/mol. The molecule has 0 radical (unpaired) electrons. The van der Waals surface area contributed by atoms with Gasteiger partial charge < -0.3 is 10.3 Å². The van der Waals surface area contributed by atoms with Gasteiger partial charge in [0.25, 0.3) is 0 Å². The molecule has 1 aromatic heterocycles. The van der Waals surface area contributed by atoms with Crippen LogP contribution in [0.4, 0.5) is 5.69 Å². The summed E-state index contributed by atoms with van der Waals surface area (Å²) in [6.45, 7) is 0.610. The molecular weight excluding hydrogens is 279 g/mol. The number of halogens is 2. The third-order valence-electron chi connectivity index (χ3n) is 3.22. The minimum atomic E-state index is 0.610. The van der Waals surface area contributed by atoms with E-state index in [1.54, 1.807) is 0 Å². The Kier molecular flexibility index (Phi) is 3.13. The Labute approximate surface area is 121 Å². The number of hydrogen-bond donors (Lipinski definition) is 1. The van der Waals surface area contributed by atoms with Crippen molar-refractivity contribution in [3.8, 4) is 0 Å². The van der Waals surface area contributed by atoms with Gasteiger partial charge in [0.05, 0.1) is 11.6 Å². The van der Waals surface area contributed by atoms with E-state index >= 15 is 0 Å². The minimum absolute atomic E-state index is 0.610. The van der Waals surface area contributed by atoms with Crippen molar-refractivity contribution in [3.63, 3.8) is 0 Å². The van der Waals surface area contributed by atoms with E-state index in [0.717, 1.165) is 21.5 Å². The largest absolute Gasteiger partial charge is 0.398 e. The van der Waals surface area contributed by atoms with Crippen LogP contribution < -0.4 is 5.73 Å². The Morgan fingerprint density at radius 1 is 0.947 bits per heavy atom. The van der Waals surface area contributed by atoms with Gasteiger partial charge in [0.1, 0.15) is 0 Å². The number of nitrogen functional groups attached to an aromatic ring is 1. The van der Waals surface area contributed by atoms with Crippen LogP contribution >= 0.6 is 23.2 Å². The number of hydrogen-bond acceptors (Lipinski definition) is 1. The topological polar surface area (TPSA) is 30.9 Å². The van der Waals surface area contributed by atoms with E-state index in [1.165, 1.54) is 0 Å². The summed E-state index contributed by atoms with van der Waals surface area (Å²) in [5.41, 5.74) is 8.68. The van der Waals surface area contributed by atoms with E-state index in [1.807, 2.05) is 48.7 Å². The molecule has 2 N–H and O–H groups in total. The lowest BCUT2D eigenvalue weighted by Crippen LogP contribution is -2.02. The first kappa shape index (κ1) is 12.4. The zero-order valence-electron chi connectivity index (χ0n) is 10.1. The summed E-state index contributed by atoms with van der Waals surface area (Å²) in [4.78, 5) is 0. The Bertz CT molecular complexity index is 727. The first-order valence-corrected chi connectivity index (χ1v) is 6.68. The molecule has 0 unspecified atom stereocenters. The molecule has 2 aromatic carbocycles. The first-order valence-electron chi connectivity index (χ1n) is 5.93. The second-order valence-electron chi connectivity index (χ2n) is 4.43. The van der Waals surface area contributed by atoms with Gasteiger partial charge in [-0.25, -0.2) is 0 Å². The van der Waals surface area contributed by atoms with E-state index in [-0.39, 0.29) is 0 Å². The summed E-state index contributed by atoms with van der Waals surface area (Å²) in [7, 11) is 0. The Morgan fingerprint density at radius 3 is 2.53 bits per heavy atom. The Balaban J connectivity index is 2.11. The van der Waals surface area contributed by atoms with Gasteiger partial charge in [0.15, 0.2) is 0 Å². The smallest absolute Gasteiger partial charge is 0.0661 e. The lowest BCUT2D eigenvalue weighted by Gasteiger charge is -2.10. The van der Waals surface area contributed by atoms with Gasteiger partial charge in [0, 0.05) is 33.4 Å². The second-order valence-corrected chi connectivity index (χ2v) is 5.24. The summed E-state index contributed by atoms with van der Waals surface area (Å²) in [6.07, 6.45) is 1.91. The van der Waals surface area contributed by atoms with Crippen LogP contribution in [0.3, 0.4) is 0 Å². The van der Waals surface area contributed by atoms with E-state index in [9.17, 15) is 0 Å². The maximum atomic E-state index is 6.24. The van der Waals surface area contributed by atoms with Crippen LogP contribution in [0.5, 0.6) is 0 Å². The average Bonchev–Trinajstić information content (AvgIpc) is 2.72. The minimum Gasteiger partial charge on any atom is -0.398 e. The molecule has 3 rings (SSSR count). The summed E-state index contributed by atoms with van der Waals surface area (Å²) >= 11 is 12.4. The van der Waals surface area contributed by atoms with Crippen molar-refractivity contribution >= 4 is 39.8 Å². The zero-order valence-corrected chi connectivity index (χ0v) is 11.6. The van der Waals surface area contributed by atoms with Crippen LogP contribution in [0.1, 0.15) is 5.56 Å². The summed E-state index contributed by atoms with van der Waals surface area (Å²) in [5, 5.41) is 2.45. The lowest BCUT2D eigenvalue weighted by molar-refractivity contribution is 0.839. The highest BCUT2D eigenvalue weighted by atomic mass is 35.5. The standard InChI is InChI=1S/C15H12Cl2N2/c16-12-5-3-6-14(18)11(12)8-19-9-13(17)10-4-1-2-7-15(10)19/h1-7,9H,8,18H2. The van der Waals surface area contributed by atoms with Gasteiger partial charge in [-0.1, -0.05) is 47.5 Å². The number of aromatic nitrogens is 1. The molecule has 0 bridgehead atoms. The van der Waals surface area contributed by atoms with Gasteiger partial charge in [-0.3, -0.25) is 0 Å². The molecule has 0 fully saturated rings. The molecule has 0 saturated carbocycles. The van der Waals surface area contributed by atoms with Crippen molar-refractivity contribution in [2.45, 2.75) is 6.54 Å². The van der Waals surface area contributed by atoms with Gasteiger partial charge in [-0.2, -0.15) is 0 Å². The molecule has 1 heterocycles. The van der Waals surface area contributed by atoms with Crippen molar-refractivity contribution in [1.82, 2.24) is 4.57 Å². The number of nitrogens with two attached hydrogens (primary N) is 1. The van der Waals surface area contributed by atoms with Gasteiger partial charge >= 0.3 is 0 Å². The van der Waals surface area contributed by atoms with E-state index in [2.05, 4.69) is 4.57 Å². The van der Waals surface area contributed by atoms with Crippen LogP contribution in [0.2, 0.25) is 10.0 Å². The summed E-state index contributed by atoms with van der Waals surface area (Å²) in [6, 6.07) is 13.6. The second kappa shape index (κ2) is 4.80. The molecule has 0 aliphatic heterocycles. The van der Waals surface area contributed by atoms with Crippen molar-refractivity contribution in [1.29, 1.82) is 0 Å².